The van der Waals surface area contributed by atoms with Gasteiger partial charge in [0, 0.05) is 18.5 Å². The molecule has 2 saturated heterocycles. The zero-order chi connectivity index (χ0) is 15.6. The summed E-state index contributed by atoms with van der Waals surface area (Å²) in [6.45, 7) is 0.436. The predicted octanol–water partition coefficient (Wildman–Crippen LogP) is 2.94. The molecule has 5 nitrogen and oxygen atoms in total. The molecule has 2 fully saturated rings. The molecule has 2 N–H and O–H groups in total. The lowest BCUT2D eigenvalue weighted by molar-refractivity contribution is -0.122. The average Bonchev–Trinajstić information content (AvgIpc) is 3.26. The number of oxazole rings is 1. The van der Waals surface area contributed by atoms with E-state index >= 15 is 0 Å². The summed E-state index contributed by atoms with van der Waals surface area (Å²) in [7, 11) is 0. The van der Waals surface area contributed by atoms with Crippen LogP contribution >= 0.6 is 11.3 Å². The first-order valence-electron chi connectivity index (χ1n) is 8.27. The van der Waals surface area contributed by atoms with Crippen molar-refractivity contribution in [2.24, 2.45) is 5.92 Å². The summed E-state index contributed by atoms with van der Waals surface area (Å²) in [6.07, 6.45) is 7.07. The van der Waals surface area contributed by atoms with Crippen LogP contribution in [0.3, 0.4) is 0 Å². The third kappa shape index (κ3) is 3.48. The van der Waals surface area contributed by atoms with Crippen molar-refractivity contribution < 1.29 is 9.21 Å². The van der Waals surface area contributed by atoms with E-state index in [2.05, 4.69) is 15.6 Å². The minimum atomic E-state index is 0.122. The largest absolute Gasteiger partial charge is 0.443 e. The van der Waals surface area contributed by atoms with Gasteiger partial charge in [-0.3, -0.25) is 4.79 Å². The van der Waals surface area contributed by atoms with Crippen LogP contribution in [-0.4, -0.2) is 23.0 Å². The third-order valence-corrected chi connectivity index (χ3v) is 5.65. The number of thiophene rings is 1. The van der Waals surface area contributed by atoms with Crippen molar-refractivity contribution in [3.05, 3.63) is 29.5 Å². The fourth-order valence-corrected chi connectivity index (χ4v) is 4.42. The first kappa shape index (κ1) is 14.9. The molecule has 2 aromatic rings. The molecule has 0 aliphatic carbocycles. The van der Waals surface area contributed by atoms with E-state index in [4.69, 9.17) is 4.42 Å². The Hall–Kier alpha value is -1.66. The maximum atomic E-state index is 12.2. The number of rotatable bonds is 5. The van der Waals surface area contributed by atoms with Crippen LogP contribution in [0.15, 0.2) is 28.2 Å². The molecule has 2 bridgehead atoms. The van der Waals surface area contributed by atoms with Crippen LogP contribution in [0.4, 0.5) is 0 Å². The second-order valence-electron chi connectivity index (χ2n) is 6.58. The second kappa shape index (κ2) is 6.45. The van der Waals surface area contributed by atoms with Crippen molar-refractivity contribution >= 4 is 17.2 Å². The van der Waals surface area contributed by atoms with Gasteiger partial charge in [-0.25, -0.2) is 4.98 Å². The van der Waals surface area contributed by atoms with Crippen LogP contribution in [0.25, 0.3) is 10.8 Å². The van der Waals surface area contributed by atoms with Crippen LogP contribution in [0, 0.1) is 5.92 Å². The van der Waals surface area contributed by atoms with Crippen molar-refractivity contribution in [3.63, 3.8) is 0 Å². The van der Waals surface area contributed by atoms with Gasteiger partial charge >= 0.3 is 0 Å². The molecule has 2 aliphatic heterocycles. The molecular weight excluding hydrogens is 310 g/mol. The number of carbonyl (C=O) groups is 1. The van der Waals surface area contributed by atoms with Crippen LogP contribution in [-0.2, 0) is 11.3 Å². The maximum absolute atomic E-state index is 12.2. The number of piperidine rings is 1. The Labute approximate surface area is 139 Å². The number of aromatic nitrogens is 1. The number of hydrogen-bond acceptors (Lipinski definition) is 5. The Bertz CT molecular complexity index is 655. The summed E-state index contributed by atoms with van der Waals surface area (Å²) >= 11 is 1.59. The van der Waals surface area contributed by atoms with Crippen molar-refractivity contribution in [2.75, 3.05) is 0 Å². The Morgan fingerprint density at radius 3 is 2.96 bits per heavy atom. The zero-order valence-corrected chi connectivity index (χ0v) is 13.8. The molecule has 0 aromatic carbocycles. The average molecular weight is 331 g/mol. The summed E-state index contributed by atoms with van der Waals surface area (Å²) in [6, 6.07) is 5.22. The highest BCUT2D eigenvalue weighted by Crippen LogP contribution is 2.32. The fraction of sp³-hybridized carbons (Fsp3) is 0.529. The van der Waals surface area contributed by atoms with Crippen LogP contribution in [0.2, 0.25) is 0 Å². The lowest BCUT2D eigenvalue weighted by Gasteiger charge is -2.28. The van der Waals surface area contributed by atoms with Crippen LogP contribution in [0.1, 0.15) is 37.8 Å². The lowest BCUT2D eigenvalue weighted by Crippen LogP contribution is -2.39. The minimum Gasteiger partial charge on any atom is -0.443 e. The summed E-state index contributed by atoms with van der Waals surface area (Å²) < 4.78 is 5.47. The molecule has 2 aliphatic rings. The van der Waals surface area contributed by atoms with Crippen molar-refractivity contribution in [1.82, 2.24) is 15.6 Å². The van der Waals surface area contributed by atoms with Crippen molar-refractivity contribution in [3.8, 4) is 10.8 Å². The molecular formula is C17H21N3O2S. The molecule has 1 amide bonds. The highest BCUT2D eigenvalue weighted by Gasteiger charge is 2.34. The normalized spacial score (nSPS) is 26.3. The first-order chi connectivity index (χ1) is 11.3. The van der Waals surface area contributed by atoms with E-state index in [1.807, 2.05) is 17.5 Å². The van der Waals surface area contributed by atoms with E-state index in [1.165, 1.54) is 12.8 Å². The van der Waals surface area contributed by atoms with Gasteiger partial charge in [0.2, 0.25) is 11.8 Å². The molecule has 122 valence electrons. The second-order valence-corrected chi connectivity index (χ2v) is 7.53. The molecule has 0 radical (unpaired) electrons. The Morgan fingerprint density at radius 1 is 1.39 bits per heavy atom. The lowest BCUT2D eigenvalue weighted by atomic mass is 9.89. The molecule has 2 unspecified atom stereocenters. The zero-order valence-electron chi connectivity index (χ0n) is 13.0. The highest BCUT2D eigenvalue weighted by molar-refractivity contribution is 7.13. The Kier molecular flexibility index (Phi) is 4.18. The van der Waals surface area contributed by atoms with Gasteiger partial charge in [0.25, 0.3) is 0 Å². The Morgan fingerprint density at radius 2 is 2.22 bits per heavy atom. The van der Waals surface area contributed by atoms with Crippen LogP contribution < -0.4 is 10.6 Å². The highest BCUT2D eigenvalue weighted by atomic mass is 32.1. The molecule has 2 aromatic heterocycles. The smallest absolute Gasteiger partial charge is 0.236 e. The Balaban J connectivity index is 1.27. The van der Waals surface area contributed by atoms with Gasteiger partial charge in [0.05, 0.1) is 17.1 Å². The van der Waals surface area contributed by atoms with Crippen molar-refractivity contribution in [1.29, 1.82) is 0 Å². The fourth-order valence-electron chi connectivity index (χ4n) is 3.77. The standard InChI is InChI=1S/C17H21N3O2S/c21-16(8-11-6-12-3-4-13(7-11)19-12)18-9-14-10-22-17(20-14)15-2-1-5-23-15/h1-2,5,10-13,19H,3-4,6-9H2,(H,18,21). The molecule has 2 atom stereocenters. The number of hydrogen-bond donors (Lipinski definition) is 2. The van der Waals surface area contributed by atoms with Crippen LogP contribution in [0.5, 0.6) is 0 Å². The molecule has 4 rings (SSSR count). The topological polar surface area (TPSA) is 67.2 Å². The maximum Gasteiger partial charge on any atom is 0.236 e. The van der Waals surface area contributed by atoms with Gasteiger partial charge in [0.1, 0.15) is 6.26 Å². The number of fused-ring (bicyclic) bond motifs is 2. The van der Waals surface area contributed by atoms with E-state index in [0.717, 1.165) is 23.4 Å². The summed E-state index contributed by atoms with van der Waals surface area (Å²) in [5, 5.41) is 8.58. The molecule has 23 heavy (non-hydrogen) atoms. The van der Waals surface area contributed by atoms with Crippen molar-refractivity contribution in [2.45, 2.75) is 50.7 Å². The number of nitrogens with one attached hydrogen (secondary N) is 2. The van der Waals surface area contributed by atoms with E-state index in [0.29, 0.717) is 36.9 Å². The number of nitrogens with zero attached hydrogens (tertiary/aromatic N) is 1. The third-order valence-electron chi connectivity index (χ3n) is 4.80. The first-order valence-corrected chi connectivity index (χ1v) is 9.15. The predicted molar refractivity (Wildman–Crippen MR) is 88.9 cm³/mol. The van der Waals surface area contributed by atoms with E-state index in [1.54, 1.807) is 17.6 Å². The molecule has 0 spiro atoms. The summed E-state index contributed by atoms with van der Waals surface area (Å²) in [5.41, 5.74) is 0.770. The summed E-state index contributed by atoms with van der Waals surface area (Å²) in [4.78, 5) is 17.6. The SMILES string of the molecule is O=C(CC1CC2CCC(C1)N2)NCc1coc(-c2cccs2)n1. The molecule has 0 saturated carbocycles. The number of amides is 1. The summed E-state index contributed by atoms with van der Waals surface area (Å²) in [5.74, 6) is 1.27. The quantitative estimate of drug-likeness (QED) is 0.884. The van der Waals surface area contributed by atoms with Gasteiger partial charge in [-0.2, -0.15) is 0 Å². The molecule has 4 heterocycles. The van der Waals surface area contributed by atoms with E-state index in [9.17, 15) is 4.79 Å². The van der Waals surface area contributed by atoms with Gasteiger partial charge < -0.3 is 15.1 Å². The van der Waals surface area contributed by atoms with Gasteiger partial charge in [-0.1, -0.05) is 6.07 Å². The molecule has 6 heteroatoms. The van der Waals surface area contributed by atoms with E-state index < -0.39 is 0 Å². The number of carbonyl (C=O) groups excluding carboxylic acids is 1. The monoisotopic (exact) mass is 331 g/mol. The van der Waals surface area contributed by atoms with Gasteiger partial charge in [-0.05, 0) is 43.0 Å². The van der Waals surface area contributed by atoms with Gasteiger partial charge in [-0.15, -0.1) is 11.3 Å². The minimum absolute atomic E-state index is 0.122. The van der Waals surface area contributed by atoms with Gasteiger partial charge in [0.15, 0.2) is 0 Å². The van der Waals surface area contributed by atoms with E-state index in [-0.39, 0.29) is 5.91 Å².